The molecule has 2 N–H and O–H groups in total. The fourth-order valence-electron chi connectivity index (χ4n) is 1.53. The lowest BCUT2D eigenvalue weighted by Gasteiger charge is -2.06. The Morgan fingerprint density at radius 2 is 2.29 bits per heavy atom. The molecule has 1 atom stereocenters. The van der Waals surface area contributed by atoms with Crippen LogP contribution >= 0.6 is 27.3 Å². The van der Waals surface area contributed by atoms with Gasteiger partial charge in [-0.05, 0) is 47.2 Å². The molecule has 0 aromatic carbocycles. The van der Waals surface area contributed by atoms with Crippen LogP contribution in [0.15, 0.2) is 10.5 Å². The third-order valence-electron chi connectivity index (χ3n) is 3.05. The fraction of sp³-hybridized carbons (Fsp3) is 0.636. The number of hydrogen-bond acceptors (Lipinski definition) is 2. The first-order valence-electron chi connectivity index (χ1n) is 5.15. The van der Waals surface area contributed by atoms with E-state index in [0.29, 0.717) is 5.92 Å². The number of thiophene rings is 1. The second-order valence-electron chi connectivity index (χ2n) is 4.29. The summed E-state index contributed by atoms with van der Waals surface area (Å²) in [4.78, 5) is 2.82. The summed E-state index contributed by atoms with van der Waals surface area (Å²) in [6, 6.07) is 2.22. The maximum Gasteiger partial charge on any atom is 0.0505 e. The quantitative estimate of drug-likeness (QED) is 0.886. The highest BCUT2D eigenvalue weighted by atomic mass is 79.9. The lowest BCUT2D eigenvalue weighted by Crippen LogP contribution is -2.16. The largest absolute Gasteiger partial charge is 0.321 e. The fourth-order valence-corrected chi connectivity index (χ4v) is 3.89. The van der Waals surface area contributed by atoms with Crippen LogP contribution in [0.2, 0.25) is 0 Å². The maximum absolute atomic E-state index is 6.18. The minimum absolute atomic E-state index is 0.0267. The van der Waals surface area contributed by atoms with Crippen LogP contribution in [-0.2, 0) is 5.54 Å². The highest BCUT2D eigenvalue weighted by Crippen LogP contribution is 2.48. The summed E-state index contributed by atoms with van der Waals surface area (Å²) in [5.74, 6) is 0.644. The van der Waals surface area contributed by atoms with E-state index in [1.54, 1.807) is 0 Å². The van der Waals surface area contributed by atoms with Crippen molar-refractivity contribution in [2.45, 2.75) is 44.6 Å². The van der Waals surface area contributed by atoms with Gasteiger partial charge in [0.1, 0.15) is 0 Å². The van der Waals surface area contributed by atoms with Gasteiger partial charge >= 0.3 is 0 Å². The van der Waals surface area contributed by atoms with Crippen molar-refractivity contribution in [2.75, 3.05) is 0 Å². The molecule has 0 bridgehead atoms. The van der Waals surface area contributed by atoms with E-state index in [2.05, 4.69) is 35.8 Å². The Hall–Kier alpha value is 0.140. The van der Waals surface area contributed by atoms with Gasteiger partial charge in [0, 0.05) is 14.2 Å². The Kier molecular flexibility index (Phi) is 2.75. The molecule has 1 saturated carbocycles. The molecule has 2 rings (SSSR count). The van der Waals surface area contributed by atoms with Crippen molar-refractivity contribution in [2.24, 2.45) is 5.73 Å². The van der Waals surface area contributed by atoms with Crippen LogP contribution in [-0.4, -0.2) is 0 Å². The van der Waals surface area contributed by atoms with Crippen molar-refractivity contribution < 1.29 is 0 Å². The van der Waals surface area contributed by atoms with E-state index >= 15 is 0 Å². The molecule has 1 nitrogen and oxygen atoms in total. The van der Waals surface area contributed by atoms with E-state index in [-0.39, 0.29) is 5.54 Å². The SMILES string of the molecule is CCC(C)c1sc(C2(N)CC2)cc1Br. The predicted molar refractivity (Wildman–Crippen MR) is 65.8 cm³/mol. The summed E-state index contributed by atoms with van der Waals surface area (Å²) in [6.07, 6.45) is 3.50. The van der Waals surface area contributed by atoms with Gasteiger partial charge in [-0.1, -0.05) is 13.8 Å². The molecule has 0 amide bonds. The average molecular weight is 274 g/mol. The maximum atomic E-state index is 6.18. The van der Waals surface area contributed by atoms with Crippen LogP contribution in [0, 0.1) is 0 Å². The summed E-state index contributed by atoms with van der Waals surface area (Å²) < 4.78 is 1.25. The molecule has 1 unspecified atom stereocenters. The predicted octanol–water partition coefficient (Wildman–Crippen LogP) is 3.97. The first-order chi connectivity index (χ1) is 6.57. The van der Waals surface area contributed by atoms with Crippen molar-refractivity contribution in [3.8, 4) is 0 Å². The summed E-state index contributed by atoms with van der Waals surface area (Å²) in [7, 11) is 0. The molecule has 0 aliphatic heterocycles. The Bertz CT molecular complexity index is 341. The summed E-state index contributed by atoms with van der Waals surface area (Å²) in [5.41, 5.74) is 6.21. The summed E-state index contributed by atoms with van der Waals surface area (Å²) >= 11 is 5.52. The Morgan fingerprint density at radius 3 is 2.79 bits per heavy atom. The molecule has 78 valence electrons. The van der Waals surface area contributed by atoms with Crippen LogP contribution in [0.3, 0.4) is 0 Å². The lowest BCUT2D eigenvalue weighted by atomic mass is 10.1. The molecule has 3 heteroatoms. The van der Waals surface area contributed by atoms with E-state index in [9.17, 15) is 0 Å². The molecular weight excluding hydrogens is 258 g/mol. The molecule has 1 heterocycles. The van der Waals surface area contributed by atoms with Crippen molar-refractivity contribution in [3.63, 3.8) is 0 Å². The molecule has 14 heavy (non-hydrogen) atoms. The van der Waals surface area contributed by atoms with Crippen molar-refractivity contribution >= 4 is 27.3 Å². The molecule has 0 spiro atoms. The number of nitrogens with two attached hydrogens (primary N) is 1. The van der Waals surface area contributed by atoms with Crippen LogP contribution in [0.4, 0.5) is 0 Å². The zero-order valence-electron chi connectivity index (χ0n) is 8.64. The van der Waals surface area contributed by atoms with Crippen LogP contribution in [0.5, 0.6) is 0 Å². The van der Waals surface area contributed by atoms with Gasteiger partial charge in [-0.25, -0.2) is 0 Å². The van der Waals surface area contributed by atoms with E-state index in [4.69, 9.17) is 5.73 Å². The highest BCUT2D eigenvalue weighted by molar-refractivity contribution is 9.10. The zero-order valence-corrected chi connectivity index (χ0v) is 11.0. The molecule has 1 aromatic heterocycles. The van der Waals surface area contributed by atoms with Crippen molar-refractivity contribution in [1.82, 2.24) is 0 Å². The molecule has 1 aromatic rings. The molecule has 1 aliphatic carbocycles. The molecule has 0 saturated heterocycles. The van der Waals surface area contributed by atoms with Gasteiger partial charge < -0.3 is 5.73 Å². The number of halogens is 1. The van der Waals surface area contributed by atoms with Crippen LogP contribution < -0.4 is 5.73 Å². The van der Waals surface area contributed by atoms with Gasteiger partial charge in [-0.2, -0.15) is 0 Å². The standard InChI is InChI=1S/C11H16BrNS/c1-3-7(2)10-8(12)6-9(14-10)11(13)4-5-11/h6-7H,3-5,13H2,1-2H3. The van der Waals surface area contributed by atoms with Crippen molar-refractivity contribution in [3.05, 3.63) is 20.3 Å². The smallest absolute Gasteiger partial charge is 0.0505 e. The average Bonchev–Trinajstić information content (AvgIpc) is 2.78. The topological polar surface area (TPSA) is 26.0 Å². The lowest BCUT2D eigenvalue weighted by molar-refractivity contribution is 0.745. The van der Waals surface area contributed by atoms with E-state index in [1.807, 2.05) is 11.3 Å². The second-order valence-corrected chi connectivity index (χ2v) is 6.23. The minimum Gasteiger partial charge on any atom is -0.321 e. The number of rotatable bonds is 3. The van der Waals surface area contributed by atoms with Gasteiger partial charge in [0.15, 0.2) is 0 Å². The van der Waals surface area contributed by atoms with Crippen LogP contribution in [0.25, 0.3) is 0 Å². The summed E-state index contributed by atoms with van der Waals surface area (Å²) in [5, 5.41) is 0. The zero-order chi connectivity index (χ0) is 10.3. The van der Waals surface area contributed by atoms with E-state index in [0.717, 1.165) is 12.8 Å². The van der Waals surface area contributed by atoms with E-state index in [1.165, 1.54) is 20.6 Å². The second kappa shape index (κ2) is 3.62. The number of hydrogen-bond donors (Lipinski definition) is 1. The third kappa shape index (κ3) is 1.77. The molecule has 1 fully saturated rings. The van der Waals surface area contributed by atoms with Gasteiger partial charge in [0.2, 0.25) is 0 Å². The highest BCUT2D eigenvalue weighted by Gasteiger charge is 2.41. The van der Waals surface area contributed by atoms with Crippen LogP contribution in [0.1, 0.15) is 48.8 Å². The van der Waals surface area contributed by atoms with Crippen molar-refractivity contribution in [1.29, 1.82) is 0 Å². The van der Waals surface area contributed by atoms with Gasteiger partial charge in [-0.3, -0.25) is 0 Å². The van der Waals surface area contributed by atoms with Gasteiger partial charge in [-0.15, -0.1) is 11.3 Å². The third-order valence-corrected chi connectivity index (χ3v) is 5.56. The Labute approximate surface area is 97.8 Å². The molecule has 1 aliphatic rings. The van der Waals surface area contributed by atoms with Gasteiger partial charge in [0.05, 0.1) is 5.54 Å². The summed E-state index contributed by atoms with van der Waals surface area (Å²) in [6.45, 7) is 4.50. The Balaban J connectivity index is 2.30. The minimum atomic E-state index is 0.0267. The Morgan fingerprint density at radius 1 is 1.64 bits per heavy atom. The monoisotopic (exact) mass is 273 g/mol. The van der Waals surface area contributed by atoms with E-state index < -0.39 is 0 Å². The molecular formula is C11H16BrNS. The molecule has 0 radical (unpaired) electrons. The normalized spacial score (nSPS) is 20.9. The first-order valence-corrected chi connectivity index (χ1v) is 6.76. The first kappa shape index (κ1) is 10.7. The van der Waals surface area contributed by atoms with Gasteiger partial charge in [0.25, 0.3) is 0 Å².